The minimum Gasteiger partial charge on any atom is -0.345 e. The number of nitrogens with two attached hydrogens (primary N) is 1. The molecule has 0 fully saturated rings. The molecule has 6 nitrogen and oxygen atoms in total. The third kappa shape index (κ3) is 4.68. The average molecular weight is 314 g/mol. The summed E-state index contributed by atoms with van der Waals surface area (Å²) in [5, 5.41) is 14.1. The van der Waals surface area contributed by atoms with Gasteiger partial charge in [0.15, 0.2) is 0 Å². The molecule has 0 saturated carbocycles. The zero-order valence-corrected chi connectivity index (χ0v) is 13.1. The molecule has 116 valence electrons. The zero-order chi connectivity index (χ0) is 16.2. The minimum absolute atomic E-state index is 0.0593. The molecule has 1 atom stereocenters. The Morgan fingerprint density at radius 3 is 2.62 bits per heavy atom. The SMILES string of the molecule is CC(C)CC(C)(CN)NC(=O)c1cc(Cl)ccc1[N+](=O)[O-]. The Hall–Kier alpha value is -1.66. The Kier molecular flexibility index (Phi) is 5.69. The van der Waals surface area contributed by atoms with Gasteiger partial charge in [-0.2, -0.15) is 0 Å². The van der Waals surface area contributed by atoms with Gasteiger partial charge in [-0.3, -0.25) is 14.9 Å². The lowest BCUT2D eigenvalue weighted by atomic mass is 9.90. The summed E-state index contributed by atoms with van der Waals surface area (Å²) in [6.07, 6.45) is 0.670. The summed E-state index contributed by atoms with van der Waals surface area (Å²) >= 11 is 5.83. The predicted octanol–water partition coefficient (Wildman–Crippen LogP) is 2.74. The summed E-state index contributed by atoms with van der Waals surface area (Å²) in [6, 6.07) is 3.90. The molecule has 1 aromatic carbocycles. The number of benzene rings is 1. The van der Waals surface area contributed by atoms with E-state index < -0.39 is 16.4 Å². The Balaban J connectivity index is 3.08. The Morgan fingerprint density at radius 1 is 1.52 bits per heavy atom. The van der Waals surface area contributed by atoms with Crippen LogP contribution in [0.5, 0.6) is 0 Å². The van der Waals surface area contributed by atoms with Crippen LogP contribution in [0.15, 0.2) is 18.2 Å². The number of hydrogen-bond acceptors (Lipinski definition) is 4. The van der Waals surface area contributed by atoms with Crippen LogP contribution >= 0.6 is 11.6 Å². The second-order valence-corrected chi connectivity index (χ2v) is 6.17. The summed E-state index contributed by atoms with van der Waals surface area (Å²) < 4.78 is 0. The lowest BCUT2D eigenvalue weighted by Gasteiger charge is -2.31. The van der Waals surface area contributed by atoms with Gasteiger partial charge < -0.3 is 11.1 Å². The number of nitro benzene ring substituents is 1. The fourth-order valence-electron chi connectivity index (χ4n) is 2.28. The first-order valence-electron chi connectivity index (χ1n) is 6.65. The number of rotatable bonds is 6. The van der Waals surface area contributed by atoms with E-state index in [0.29, 0.717) is 12.3 Å². The van der Waals surface area contributed by atoms with E-state index >= 15 is 0 Å². The number of carbonyl (C=O) groups is 1. The maximum absolute atomic E-state index is 12.3. The highest BCUT2D eigenvalue weighted by molar-refractivity contribution is 6.31. The highest BCUT2D eigenvalue weighted by Gasteiger charge is 2.29. The highest BCUT2D eigenvalue weighted by Crippen LogP contribution is 2.24. The van der Waals surface area contributed by atoms with Crippen LogP contribution in [0.25, 0.3) is 0 Å². The standard InChI is InChI=1S/C14H20ClN3O3/c1-9(2)7-14(3,8-16)17-13(19)11-6-10(15)4-5-12(11)18(20)21/h4-6,9H,7-8,16H2,1-3H3,(H,17,19). The molecule has 0 aliphatic heterocycles. The van der Waals surface area contributed by atoms with E-state index in [1.807, 2.05) is 20.8 Å². The van der Waals surface area contributed by atoms with Gasteiger partial charge in [-0.15, -0.1) is 0 Å². The predicted molar refractivity (Wildman–Crippen MR) is 82.5 cm³/mol. The van der Waals surface area contributed by atoms with Crippen LogP contribution < -0.4 is 11.1 Å². The minimum atomic E-state index is -0.624. The number of hydrogen-bond donors (Lipinski definition) is 2. The molecule has 1 rings (SSSR count). The molecule has 1 aromatic rings. The molecule has 0 aliphatic carbocycles. The number of nitro groups is 1. The molecule has 0 spiro atoms. The lowest BCUT2D eigenvalue weighted by Crippen LogP contribution is -2.52. The summed E-state index contributed by atoms with van der Waals surface area (Å²) in [6.45, 7) is 6.09. The van der Waals surface area contributed by atoms with Crippen molar-refractivity contribution in [1.82, 2.24) is 5.32 Å². The Labute approximate surface area is 128 Å². The van der Waals surface area contributed by atoms with Crippen molar-refractivity contribution in [1.29, 1.82) is 0 Å². The number of amides is 1. The van der Waals surface area contributed by atoms with Crippen LogP contribution in [0.4, 0.5) is 5.69 Å². The molecule has 0 radical (unpaired) electrons. The monoisotopic (exact) mass is 313 g/mol. The number of nitrogens with zero attached hydrogens (tertiary/aromatic N) is 1. The lowest BCUT2D eigenvalue weighted by molar-refractivity contribution is -0.385. The summed E-state index contributed by atoms with van der Waals surface area (Å²) in [4.78, 5) is 22.8. The van der Waals surface area contributed by atoms with Gasteiger partial charge in [0.05, 0.1) is 4.92 Å². The fourth-order valence-corrected chi connectivity index (χ4v) is 2.45. The summed E-state index contributed by atoms with van der Waals surface area (Å²) in [7, 11) is 0. The summed E-state index contributed by atoms with van der Waals surface area (Å²) in [5.74, 6) is -0.217. The second-order valence-electron chi connectivity index (χ2n) is 5.74. The first kappa shape index (κ1) is 17.4. The van der Waals surface area contributed by atoms with Gasteiger partial charge in [0.2, 0.25) is 0 Å². The van der Waals surface area contributed by atoms with Crippen LogP contribution in [0.1, 0.15) is 37.6 Å². The molecule has 7 heteroatoms. The van der Waals surface area contributed by atoms with Crippen molar-refractivity contribution in [3.63, 3.8) is 0 Å². The van der Waals surface area contributed by atoms with Gasteiger partial charge in [0, 0.05) is 23.2 Å². The Bertz CT molecular complexity index is 548. The molecule has 0 heterocycles. The van der Waals surface area contributed by atoms with Crippen LogP contribution in [0, 0.1) is 16.0 Å². The van der Waals surface area contributed by atoms with E-state index in [1.165, 1.54) is 18.2 Å². The van der Waals surface area contributed by atoms with Gasteiger partial charge in [-0.25, -0.2) is 0 Å². The molecule has 1 unspecified atom stereocenters. The van der Waals surface area contributed by atoms with Crippen molar-refractivity contribution >= 4 is 23.2 Å². The molecule has 0 aromatic heterocycles. The highest BCUT2D eigenvalue weighted by atomic mass is 35.5. The maximum atomic E-state index is 12.3. The van der Waals surface area contributed by atoms with Crippen LogP contribution in [-0.4, -0.2) is 22.9 Å². The van der Waals surface area contributed by atoms with E-state index in [4.69, 9.17) is 17.3 Å². The van der Waals surface area contributed by atoms with Gasteiger partial charge in [0.25, 0.3) is 11.6 Å². The van der Waals surface area contributed by atoms with Crippen molar-refractivity contribution in [2.24, 2.45) is 11.7 Å². The maximum Gasteiger partial charge on any atom is 0.282 e. The molecule has 0 aliphatic rings. The van der Waals surface area contributed by atoms with E-state index in [0.717, 1.165) is 0 Å². The summed E-state index contributed by atoms with van der Waals surface area (Å²) in [5.41, 5.74) is 4.77. The molecule has 21 heavy (non-hydrogen) atoms. The quantitative estimate of drug-likeness (QED) is 0.623. The largest absolute Gasteiger partial charge is 0.345 e. The van der Waals surface area contributed by atoms with Gasteiger partial charge >= 0.3 is 0 Å². The topological polar surface area (TPSA) is 98.3 Å². The van der Waals surface area contributed by atoms with Crippen molar-refractivity contribution in [2.45, 2.75) is 32.7 Å². The molecule has 0 saturated heterocycles. The normalized spacial score (nSPS) is 13.8. The first-order valence-corrected chi connectivity index (χ1v) is 7.03. The van der Waals surface area contributed by atoms with E-state index in [2.05, 4.69) is 5.32 Å². The average Bonchev–Trinajstić information content (AvgIpc) is 2.37. The zero-order valence-electron chi connectivity index (χ0n) is 12.4. The number of halogens is 1. The van der Waals surface area contributed by atoms with Crippen molar-refractivity contribution < 1.29 is 9.72 Å². The van der Waals surface area contributed by atoms with Crippen molar-refractivity contribution in [3.05, 3.63) is 38.9 Å². The van der Waals surface area contributed by atoms with Gasteiger partial charge in [-0.1, -0.05) is 25.4 Å². The first-order chi connectivity index (χ1) is 9.68. The molecular formula is C14H20ClN3O3. The van der Waals surface area contributed by atoms with Crippen LogP contribution in [0.2, 0.25) is 5.02 Å². The van der Waals surface area contributed by atoms with Crippen LogP contribution in [-0.2, 0) is 0 Å². The van der Waals surface area contributed by atoms with Gasteiger partial charge in [-0.05, 0) is 31.4 Å². The van der Waals surface area contributed by atoms with E-state index in [1.54, 1.807) is 0 Å². The van der Waals surface area contributed by atoms with Crippen molar-refractivity contribution in [2.75, 3.05) is 6.54 Å². The third-order valence-corrected chi connectivity index (χ3v) is 3.36. The fraction of sp³-hybridized carbons (Fsp3) is 0.500. The molecule has 1 amide bonds. The van der Waals surface area contributed by atoms with E-state index in [-0.39, 0.29) is 22.8 Å². The molecule has 0 bridgehead atoms. The number of carbonyl (C=O) groups excluding carboxylic acids is 1. The van der Waals surface area contributed by atoms with E-state index in [9.17, 15) is 14.9 Å². The smallest absolute Gasteiger partial charge is 0.282 e. The third-order valence-electron chi connectivity index (χ3n) is 3.12. The Morgan fingerprint density at radius 2 is 2.14 bits per heavy atom. The molecule has 3 N–H and O–H groups in total. The van der Waals surface area contributed by atoms with Crippen molar-refractivity contribution in [3.8, 4) is 0 Å². The number of nitrogens with one attached hydrogen (secondary N) is 1. The van der Waals surface area contributed by atoms with Gasteiger partial charge in [0.1, 0.15) is 5.56 Å². The second kappa shape index (κ2) is 6.87. The van der Waals surface area contributed by atoms with Crippen LogP contribution in [0.3, 0.4) is 0 Å². The molecular weight excluding hydrogens is 294 g/mol.